The molecule has 2 N–H and O–H groups in total. The molecule has 0 aliphatic carbocycles. The van der Waals surface area contributed by atoms with Gasteiger partial charge in [-0.2, -0.15) is 0 Å². The average Bonchev–Trinajstić information content (AvgIpc) is 3.22. The average molecular weight is 426 g/mol. The van der Waals surface area contributed by atoms with Gasteiger partial charge in [-0.3, -0.25) is 10.1 Å². The van der Waals surface area contributed by atoms with Crippen LogP contribution in [0.15, 0.2) is 35.0 Å². The molecule has 1 fully saturated rings. The number of aromatic nitrogens is 2. The fraction of sp³-hybridized carbons (Fsp3) is 0.429. The summed E-state index contributed by atoms with van der Waals surface area (Å²) in [6.45, 7) is 6.92. The Hall–Kier alpha value is -3.40. The van der Waals surface area contributed by atoms with E-state index in [9.17, 15) is 10.1 Å². The molecule has 1 saturated heterocycles. The molecule has 0 amide bonds. The Bertz CT molecular complexity index is 1080. The van der Waals surface area contributed by atoms with Crippen LogP contribution >= 0.6 is 0 Å². The van der Waals surface area contributed by atoms with Gasteiger partial charge in [-0.05, 0) is 54.3 Å². The normalized spacial score (nSPS) is 16.7. The molecule has 1 aliphatic heterocycles. The highest BCUT2D eigenvalue weighted by atomic mass is 16.6. The number of nitro benzene ring substituents is 1. The first-order valence-corrected chi connectivity index (χ1v) is 10.4. The van der Waals surface area contributed by atoms with Gasteiger partial charge in [0.2, 0.25) is 5.52 Å². The molecule has 0 saturated carbocycles. The molecule has 1 aliphatic rings. The third-order valence-electron chi connectivity index (χ3n) is 5.63. The van der Waals surface area contributed by atoms with E-state index >= 15 is 0 Å². The highest BCUT2D eigenvalue weighted by Crippen LogP contribution is 2.39. The Kier molecular flexibility index (Phi) is 5.90. The maximum Gasteiger partial charge on any atom is 0.323 e. The smallest absolute Gasteiger partial charge is 0.323 e. The van der Waals surface area contributed by atoms with E-state index in [1.807, 2.05) is 0 Å². The number of piperazine rings is 1. The minimum Gasteiger partial charge on any atom is -0.396 e. The molecule has 2 heterocycles. The molecule has 10 nitrogen and oxygen atoms in total. The molecule has 164 valence electrons. The molecule has 1 atom stereocenters. The van der Waals surface area contributed by atoms with Crippen molar-refractivity contribution < 1.29 is 14.7 Å². The Balaban J connectivity index is 1.66. The van der Waals surface area contributed by atoms with Crippen molar-refractivity contribution in [3.8, 4) is 0 Å². The summed E-state index contributed by atoms with van der Waals surface area (Å²) in [5.74, 6) is 0. The SMILES string of the molecule is Cc1cccc(N2CCN(c3cc(NCCCO)c([N+](=O)[O-])c4nonc34)C[C@@H]2C)c1. The van der Waals surface area contributed by atoms with Crippen LogP contribution < -0.4 is 15.1 Å². The summed E-state index contributed by atoms with van der Waals surface area (Å²) in [5.41, 5.74) is 3.87. The second-order valence-corrected chi connectivity index (χ2v) is 7.84. The fourth-order valence-corrected chi connectivity index (χ4v) is 4.14. The zero-order valence-corrected chi connectivity index (χ0v) is 17.6. The molecule has 0 unspecified atom stereocenters. The lowest BCUT2D eigenvalue weighted by Crippen LogP contribution is -2.52. The van der Waals surface area contributed by atoms with E-state index in [1.165, 1.54) is 11.3 Å². The van der Waals surface area contributed by atoms with Crippen molar-refractivity contribution in [2.24, 2.45) is 0 Å². The predicted molar refractivity (Wildman–Crippen MR) is 119 cm³/mol. The van der Waals surface area contributed by atoms with Crippen LogP contribution in [0.3, 0.4) is 0 Å². The monoisotopic (exact) mass is 426 g/mol. The lowest BCUT2D eigenvalue weighted by molar-refractivity contribution is -0.382. The van der Waals surface area contributed by atoms with Crippen LogP contribution in [0.25, 0.3) is 11.0 Å². The zero-order chi connectivity index (χ0) is 22.0. The molecular formula is C21H26N6O4. The van der Waals surface area contributed by atoms with Crippen LogP contribution in [-0.4, -0.2) is 59.2 Å². The second-order valence-electron chi connectivity index (χ2n) is 7.84. The number of aliphatic hydroxyl groups excluding tert-OH is 1. The Morgan fingerprint density at radius 1 is 1.29 bits per heavy atom. The highest BCUT2D eigenvalue weighted by molar-refractivity contribution is 5.99. The molecule has 0 radical (unpaired) electrons. The first kappa shape index (κ1) is 20.9. The lowest BCUT2D eigenvalue weighted by Gasteiger charge is -2.42. The molecule has 2 aromatic carbocycles. The van der Waals surface area contributed by atoms with E-state index in [2.05, 4.69) is 63.5 Å². The number of aryl methyl sites for hydroxylation is 1. The van der Waals surface area contributed by atoms with Gasteiger partial charge in [0.1, 0.15) is 5.69 Å². The van der Waals surface area contributed by atoms with Crippen LogP contribution in [0, 0.1) is 17.0 Å². The molecule has 10 heteroatoms. The van der Waals surface area contributed by atoms with Crippen LogP contribution in [-0.2, 0) is 0 Å². The quantitative estimate of drug-likeness (QED) is 0.334. The van der Waals surface area contributed by atoms with Crippen molar-refractivity contribution in [3.63, 3.8) is 0 Å². The van der Waals surface area contributed by atoms with E-state index in [0.29, 0.717) is 24.2 Å². The van der Waals surface area contributed by atoms with Crippen LogP contribution in [0.5, 0.6) is 0 Å². The zero-order valence-electron chi connectivity index (χ0n) is 17.6. The Morgan fingerprint density at radius 2 is 2.10 bits per heavy atom. The van der Waals surface area contributed by atoms with Crippen molar-refractivity contribution in [2.45, 2.75) is 26.3 Å². The summed E-state index contributed by atoms with van der Waals surface area (Å²) < 4.78 is 4.89. The minimum absolute atomic E-state index is 0.000149. The van der Waals surface area contributed by atoms with E-state index in [-0.39, 0.29) is 23.9 Å². The number of hydrogen-bond acceptors (Lipinski definition) is 9. The van der Waals surface area contributed by atoms with E-state index in [4.69, 9.17) is 9.74 Å². The molecule has 31 heavy (non-hydrogen) atoms. The van der Waals surface area contributed by atoms with E-state index in [0.717, 1.165) is 25.3 Å². The first-order valence-electron chi connectivity index (χ1n) is 10.4. The van der Waals surface area contributed by atoms with Crippen LogP contribution in [0.2, 0.25) is 0 Å². The first-order chi connectivity index (χ1) is 15.0. The second kappa shape index (κ2) is 8.76. The highest BCUT2D eigenvalue weighted by Gasteiger charge is 2.31. The van der Waals surface area contributed by atoms with Gasteiger partial charge >= 0.3 is 5.69 Å². The van der Waals surface area contributed by atoms with Gasteiger partial charge in [0, 0.05) is 44.5 Å². The molecule has 0 bridgehead atoms. The lowest BCUT2D eigenvalue weighted by atomic mass is 10.1. The third-order valence-corrected chi connectivity index (χ3v) is 5.63. The van der Waals surface area contributed by atoms with Gasteiger partial charge in [-0.25, -0.2) is 4.63 Å². The summed E-state index contributed by atoms with van der Waals surface area (Å²) in [6, 6.07) is 10.4. The standard InChI is InChI=1S/C21H26N6O4/c1-14-5-3-6-16(11-14)26-9-8-25(13-15(26)2)18-12-17(22-7-4-10-28)21(27(29)30)20-19(18)23-31-24-20/h3,5-6,11-12,15,22,28H,4,7-10,13H2,1-2H3/t15-/m0/s1. The maximum atomic E-state index is 11.7. The van der Waals surface area contributed by atoms with Crippen LogP contribution in [0.4, 0.5) is 22.7 Å². The van der Waals surface area contributed by atoms with Gasteiger partial charge in [0.15, 0.2) is 5.52 Å². The van der Waals surface area contributed by atoms with Crippen molar-refractivity contribution in [2.75, 3.05) is 47.9 Å². The molecule has 3 aromatic rings. The molecule has 0 spiro atoms. The third kappa shape index (κ3) is 4.11. The number of benzene rings is 2. The number of nitrogens with zero attached hydrogens (tertiary/aromatic N) is 5. The molecule has 4 rings (SSSR count). The van der Waals surface area contributed by atoms with E-state index in [1.54, 1.807) is 6.07 Å². The summed E-state index contributed by atoms with van der Waals surface area (Å²) >= 11 is 0. The largest absolute Gasteiger partial charge is 0.396 e. The summed E-state index contributed by atoms with van der Waals surface area (Å²) in [4.78, 5) is 15.8. The van der Waals surface area contributed by atoms with Crippen molar-refractivity contribution >= 4 is 33.8 Å². The van der Waals surface area contributed by atoms with Crippen molar-refractivity contribution in [3.05, 3.63) is 46.0 Å². The Labute approximate surface area is 179 Å². The number of aliphatic hydroxyl groups is 1. The number of hydrogen-bond donors (Lipinski definition) is 2. The van der Waals surface area contributed by atoms with Crippen LogP contribution in [0.1, 0.15) is 18.9 Å². The van der Waals surface area contributed by atoms with Gasteiger partial charge in [0.05, 0.1) is 10.6 Å². The number of fused-ring (bicyclic) bond motifs is 1. The number of nitro groups is 1. The van der Waals surface area contributed by atoms with Gasteiger partial charge in [0.25, 0.3) is 0 Å². The predicted octanol–water partition coefficient (Wildman–Crippen LogP) is 2.95. The van der Waals surface area contributed by atoms with E-state index < -0.39 is 4.92 Å². The topological polar surface area (TPSA) is 121 Å². The molecule has 1 aromatic heterocycles. The summed E-state index contributed by atoms with van der Waals surface area (Å²) in [7, 11) is 0. The summed E-state index contributed by atoms with van der Waals surface area (Å²) in [5, 5.41) is 31.6. The minimum atomic E-state index is -0.476. The number of rotatable bonds is 7. The number of anilines is 3. The van der Waals surface area contributed by atoms with Crippen molar-refractivity contribution in [1.29, 1.82) is 0 Å². The van der Waals surface area contributed by atoms with Crippen molar-refractivity contribution in [1.82, 2.24) is 10.3 Å². The molecular weight excluding hydrogens is 400 g/mol. The Morgan fingerprint density at radius 3 is 2.81 bits per heavy atom. The van der Waals surface area contributed by atoms with Gasteiger partial charge < -0.3 is 20.2 Å². The van der Waals surface area contributed by atoms with Gasteiger partial charge in [-0.15, -0.1) is 0 Å². The summed E-state index contributed by atoms with van der Waals surface area (Å²) in [6.07, 6.45) is 0.480. The van der Waals surface area contributed by atoms with Gasteiger partial charge in [-0.1, -0.05) is 12.1 Å². The maximum absolute atomic E-state index is 11.7. The number of nitrogens with one attached hydrogen (secondary N) is 1. The fourth-order valence-electron chi connectivity index (χ4n) is 4.14.